The van der Waals surface area contributed by atoms with E-state index in [1.54, 1.807) is 28.8 Å². The zero-order valence-corrected chi connectivity index (χ0v) is 19.2. The van der Waals surface area contributed by atoms with Crippen LogP contribution in [0.2, 0.25) is 0 Å². The Morgan fingerprint density at radius 1 is 1.12 bits per heavy atom. The van der Waals surface area contributed by atoms with E-state index in [0.29, 0.717) is 24.2 Å². The number of benzene rings is 2. The fourth-order valence-corrected chi connectivity index (χ4v) is 3.97. The minimum atomic E-state index is -5.57. The Balaban J connectivity index is 2.06. The summed E-state index contributed by atoms with van der Waals surface area (Å²) in [5.74, 6) is 0. The fourth-order valence-electron chi connectivity index (χ4n) is 3.39. The van der Waals surface area contributed by atoms with E-state index in [0.717, 1.165) is 29.7 Å². The number of hydrazone groups is 1. The average molecular weight is 478 g/mol. The standard InChI is InChI=1S/C24H26F3N3O2S/c1-3-22(21-16-18(2)14-15-23(21)29-33(31,32)24(25,26)27)28-30(20-12-8-5-9-13-20)17-19-10-6-4-7-11-19/h5-6,8-16,29H,3-4,7,17H2,1-2H3/b28-22+. The van der Waals surface area contributed by atoms with Gasteiger partial charge in [-0.1, -0.05) is 55.0 Å². The van der Waals surface area contributed by atoms with Gasteiger partial charge in [-0.05, 0) is 56.0 Å². The molecule has 176 valence electrons. The van der Waals surface area contributed by atoms with E-state index in [9.17, 15) is 21.6 Å². The van der Waals surface area contributed by atoms with Gasteiger partial charge in [0, 0.05) is 5.56 Å². The van der Waals surface area contributed by atoms with Gasteiger partial charge in [0.2, 0.25) is 0 Å². The number of rotatable bonds is 8. The fraction of sp³-hybridized carbons (Fsp3) is 0.292. The Morgan fingerprint density at radius 3 is 2.45 bits per heavy atom. The number of alkyl halides is 3. The number of hydrogen-bond donors (Lipinski definition) is 1. The second-order valence-electron chi connectivity index (χ2n) is 7.65. The number of nitrogens with zero attached hydrogens (tertiary/aromatic N) is 2. The summed E-state index contributed by atoms with van der Waals surface area (Å²) < 4.78 is 64.2. The van der Waals surface area contributed by atoms with E-state index in [1.807, 2.05) is 43.3 Å². The molecule has 0 radical (unpaired) electrons. The van der Waals surface area contributed by atoms with E-state index < -0.39 is 15.5 Å². The van der Waals surface area contributed by atoms with E-state index in [1.165, 1.54) is 6.07 Å². The van der Waals surface area contributed by atoms with Gasteiger partial charge < -0.3 is 0 Å². The number of hydrogen-bond acceptors (Lipinski definition) is 4. The van der Waals surface area contributed by atoms with Crippen LogP contribution < -0.4 is 9.73 Å². The molecule has 1 aliphatic rings. The number of para-hydroxylation sites is 1. The van der Waals surface area contributed by atoms with Gasteiger partial charge >= 0.3 is 15.5 Å². The maximum Gasteiger partial charge on any atom is 0.516 e. The third-order valence-electron chi connectivity index (χ3n) is 5.07. The molecule has 0 unspecified atom stereocenters. The summed E-state index contributed by atoms with van der Waals surface area (Å²) in [6.45, 7) is 4.08. The van der Waals surface area contributed by atoms with Crippen molar-refractivity contribution in [2.45, 2.75) is 38.6 Å². The first-order valence-corrected chi connectivity index (χ1v) is 12.0. The van der Waals surface area contributed by atoms with Gasteiger partial charge in [-0.25, -0.2) is 0 Å². The van der Waals surface area contributed by atoms with Crippen molar-refractivity contribution in [3.63, 3.8) is 0 Å². The molecule has 0 aromatic heterocycles. The van der Waals surface area contributed by atoms with Crippen LogP contribution in [0.15, 0.2) is 77.4 Å². The molecule has 0 bridgehead atoms. The molecule has 0 fully saturated rings. The van der Waals surface area contributed by atoms with Crippen LogP contribution in [0.1, 0.15) is 37.3 Å². The van der Waals surface area contributed by atoms with E-state index in [4.69, 9.17) is 5.10 Å². The number of anilines is 2. The molecule has 0 saturated heterocycles. The van der Waals surface area contributed by atoms with Gasteiger partial charge in [0.05, 0.1) is 23.6 Å². The first kappa shape index (κ1) is 24.6. The van der Waals surface area contributed by atoms with Gasteiger partial charge in [0.25, 0.3) is 0 Å². The van der Waals surface area contributed by atoms with Gasteiger partial charge in [-0.3, -0.25) is 9.73 Å². The van der Waals surface area contributed by atoms with Crippen LogP contribution in [-0.4, -0.2) is 26.2 Å². The molecule has 0 amide bonds. The van der Waals surface area contributed by atoms with Crippen molar-refractivity contribution >= 4 is 27.1 Å². The lowest BCUT2D eigenvalue weighted by Crippen LogP contribution is -2.30. The van der Waals surface area contributed by atoms with E-state index >= 15 is 0 Å². The van der Waals surface area contributed by atoms with Crippen molar-refractivity contribution in [3.8, 4) is 0 Å². The van der Waals surface area contributed by atoms with Crippen LogP contribution in [0.3, 0.4) is 0 Å². The first-order valence-electron chi connectivity index (χ1n) is 10.6. The zero-order valence-electron chi connectivity index (χ0n) is 18.4. The molecule has 2 aromatic rings. The maximum absolute atomic E-state index is 13.0. The summed E-state index contributed by atoms with van der Waals surface area (Å²) in [7, 11) is -5.57. The van der Waals surface area contributed by atoms with Gasteiger partial charge in [-0.15, -0.1) is 0 Å². The Bertz CT molecular complexity index is 1170. The van der Waals surface area contributed by atoms with Crippen molar-refractivity contribution in [2.24, 2.45) is 5.10 Å². The molecule has 2 aromatic carbocycles. The molecule has 1 N–H and O–H groups in total. The lowest BCUT2D eigenvalue weighted by atomic mass is 10.0. The average Bonchev–Trinajstić information content (AvgIpc) is 2.78. The van der Waals surface area contributed by atoms with Crippen LogP contribution in [0.5, 0.6) is 0 Å². The SMILES string of the molecule is CC/C(=N\N(CC1=CCCC=C1)c1ccccc1)c1cc(C)ccc1NS(=O)(=O)C(F)(F)F. The van der Waals surface area contributed by atoms with Gasteiger partial charge in [0.1, 0.15) is 0 Å². The summed E-state index contributed by atoms with van der Waals surface area (Å²) in [6.07, 6.45) is 8.54. The Kier molecular flexibility index (Phi) is 7.63. The molecule has 3 rings (SSSR count). The van der Waals surface area contributed by atoms with Crippen LogP contribution >= 0.6 is 0 Å². The van der Waals surface area contributed by atoms with Crippen LogP contribution in [0.25, 0.3) is 0 Å². The van der Waals surface area contributed by atoms with Crippen molar-refractivity contribution in [1.29, 1.82) is 0 Å². The molecule has 0 saturated carbocycles. The lowest BCUT2D eigenvalue weighted by molar-refractivity contribution is -0.0429. The minimum absolute atomic E-state index is 0.164. The highest BCUT2D eigenvalue weighted by molar-refractivity contribution is 7.93. The summed E-state index contributed by atoms with van der Waals surface area (Å²) >= 11 is 0. The van der Waals surface area contributed by atoms with Crippen LogP contribution in [0, 0.1) is 6.92 Å². The highest BCUT2D eigenvalue weighted by Crippen LogP contribution is 2.29. The lowest BCUT2D eigenvalue weighted by Gasteiger charge is -2.23. The Labute approximate surface area is 192 Å². The van der Waals surface area contributed by atoms with Crippen molar-refractivity contribution in [2.75, 3.05) is 16.3 Å². The molecule has 1 aliphatic carbocycles. The van der Waals surface area contributed by atoms with E-state index in [2.05, 4.69) is 12.2 Å². The molecule has 0 spiro atoms. The van der Waals surface area contributed by atoms with Crippen LogP contribution in [-0.2, 0) is 10.0 Å². The van der Waals surface area contributed by atoms with Crippen molar-refractivity contribution in [3.05, 3.63) is 83.5 Å². The summed E-state index contributed by atoms with van der Waals surface area (Å²) in [4.78, 5) is 0. The molecule has 9 heteroatoms. The third-order valence-corrected chi connectivity index (χ3v) is 6.17. The number of allylic oxidation sites excluding steroid dienone is 2. The Morgan fingerprint density at radius 2 is 1.85 bits per heavy atom. The minimum Gasteiger partial charge on any atom is -0.275 e. The van der Waals surface area contributed by atoms with Crippen molar-refractivity contribution in [1.82, 2.24) is 0 Å². The summed E-state index contributed by atoms with van der Waals surface area (Å²) in [5, 5.41) is 6.56. The second kappa shape index (κ2) is 10.2. The number of sulfonamides is 1. The van der Waals surface area contributed by atoms with E-state index in [-0.39, 0.29) is 5.69 Å². The molecule has 0 heterocycles. The predicted molar refractivity (Wildman–Crippen MR) is 127 cm³/mol. The highest BCUT2D eigenvalue weighted by atomic mass is 32.2. The predicted octanol–water partition coefficient (Wildman–Crippen LogP) is 6.15. The molecule has 0 atom stereocenters. The number of halogens is 3. The molecular weight excluding hydrogens is 451 g/mol. The van der Waals surface area contributed by atoms with Gasteiger partial charge in [-0.2, -0.15) is 26.7 Å². The first-order chi connectivity index (χ1) is 15.6. The number of aryl methyl sites for hydroxylation is 1. The van der Waals surface area contributed by atoms with Gasteiger partial charge in [0.15, 0.2) is 0 Å². The summed E-state index contributed by atoms with van der Waals surface area (Å²) in [6, 6.07) is 14.0. The van der Waals surface area contributed by atoms with Crippen molar-refractivity contribution < 1.29 is 21.6 Å². The molecular formula is C24H26F3N3O2S. The number of nitrogens with one attached hydrogen (secondary N) is 1. The quantitative estimate of drug-likeness (QED) is 0.366. The Hall–Kier alpha value is -3.07. The normalized spacial score (nSPS) is 14.7. The monoisotopic (exact) mass is 477 g/mol. The molecule has 33 heavy (non-hydrogen) atoms. The second-order valence-corrected chi connectivity index (χ2v) is 9.33. The largest absolute Gasteiger partial charge is 0.516 e. The molecule has 0 aliphatic heterocycles. The molecule has 5 nitrogen and oxygen atoms in total. The zero-order chi connectivity index (χ0) is 24.1. The third kappa shape index (κ3) is 6.25. The van der Waals surface area contributed by atoms with Crippen LogP contribution in [0.4, 0.5) is 24.5 Å². The smallest absolute Gasteiger partial charge is 0.275 e. The topological polar surface area (TPSA) is 61.8 Å². The maximum atomic E-state index is 13.0. The highest BCUT2D eigenvalue weighted by Gasteiger charge is 2.46. The summed E-state index contributed by atoms with van der Waals surface area (Å²) in [5.41, 5.74) is -2.16.